The number of aliphatic imine (C=N–C) groups is 1. The Morgan fingerprint density at radius 2 is 0.819 bits per heavy atom. The number of methoxy groups -OCH3 is 1. The highest BCUT2D eigenvalue weighted by Gasteiger charge is 2.14. The predicted octanol–water partition coefficient (Wildman–Crippen LogP) is 36.5. The number of aromatic hydroxyl groups is 1. The van der Waals surface area contributed by atoms with Crippen LogP contribution in [-0.2, 0) is 43.2 Å². The molecule has 1 unspecified atom stereocenters. The molecule has 818 valence electrons. The van der Waals surface area contributed by atoms with E-state index in [0.717, 1.165) is 170 Å². The van der Waals surface area contributed by atoms with Gasteiger partial charge in [0.1, 0.15) is 11.5 Å². The zero-order valence-electron chi connectivity index (χ0n) is 101. The molecule has 0 aromatic heterocycles. The number of benzene rings is 3. The van der Waals surface area contributed by atoms with Crippen molar-refractivity contribution in [1.29, 1.82) is 0 Å². The molecule has 0 spiro atoms. The van der Waals surface area contributed by atoms with Gasteiger partial charge in [-0.2, -0.15) is 0 Å². The molecular formula is C125H245N5O8. The number of esters is 1. The highest BCUT2D eigenvalue weighted by Crippen LogP contribution is 2.32. The summed E-state index contributed by atoms with van der Waals surface area (Å²) in [4.78, 5) is 44.6. The molecule has 0 radical (unpaired) electrons. The number of unbranched alkanes of at least 4 members (excludes halogenated alkanes) is 1. The zero-order valence-corrected chi connectivity index (χ0v) is 101. The zero-order chi connectivity index (χ0) is 111. The van der Waals surface area contributed by atoms with Gasteiger partial charge < -0.3 is 47.4 Å². The molecule has 0 saturated carbocycles. The van der Waals surface area contributed by atoms with Gasteiger partial charge in [-0.1, -0.05) is 430 Å². The number of amides is 1. The van der Waals surface area contributed by atoms with Crippen LogP contribution in [0.2, 0.25) is 0 Å². The smallest absolute Gasteiger partial charge is 0.305 e. The summed E-state index contributed by atoms with van der Waals surface area (Å²) in [5.74, 6) is 16.0. The van der Waals surface area contributed by atoms with Gasteiger partial charge in [-0.25, -0.2) is 0 Å². The second-order valence-corrected chi connectivity index (χ2v) is 46.1. The van der Waals surface area contributed by atoms with Gasteiger partial charge in [0, 0.05) is 69.6 Å². The number of aliphatic hydroxyl groups is 1. The van der Waals surface area contributed by atoms with Crippen molar-refractivity contribution in [2.24, 2.45) is 152 Å². The minimum absolute atomic E-state index is 0.125. The number of phenolic OH excluding ortho intramolecular Hbond substituents is 1. The molecule has 5 rings (SSSR count). The second-order valence-electron chi connectivity index (χ2n) is 46.1. The number of nitrogens with two attached hydrogens (primary N) is 3. The van der Waals surface area contributed by atoms with Crippen LogP contribution in [0.4, 0.5) is 0 Å². The number of fused-ring (bicyclic) bond motifs is 1. The van der Waals surface area contributed by atoms with Gasteiger partial charge in [0.05, 0.1) is 7.11 Å². The fourth-order valence-electron chi connectivity index (χ4n) is 10.5. The van der Waals surface area contributed by atoms with Crippen molar-refractivity contribution in [2.45, 2.75) is 460 Å². The topological polar surface area (TPSA) is 241 Å². The summed E-state index contributed by atoms with van der Waals surface area (Å²) in [5.41, 5.74) is 26.2. The predicted molar refractivity (Wildman–Crippen MR) is 625 cm³/mol. The number of aliphatic hydroxyl groups excluding tert-OH is 1. The number of allylic oxidation sites excluding steroid dienone is 5. The van der Waals surface area contributed by atoms with E-state index in [9.17, 15) is 19.2 Å². The van der Waals surface area contributed by atoms with Crippen molar-refractivity contribution in [3.63, 3.8) is 0 Å². The van der Waals surface area contributed by atoms with Crippen LogP contribution in [-0.4, -0.2) is 72.5 Å². The number of ketones is 1. The normalized spacial score (nSPS) is 11.2. The van der Waals surface area contributed by atoms with Crippen LogP contribution in [0.3, 0.4) is 0 Å². The highest BCUT2D eigenvalue weighted by atomic mass is 16.5. The van der Waals surface area contributed by atoms with Gasteiger partial charge in [-0.3, -0.25) is 19.4 Å². The number of hydrogen-bond donors (Lipinski definition) is 7. The summed E-state index contributed by atoms with van der Waals surface area (Å²) in [7, 11) is 3.31. The maximum Gasteiger partial charge on any atom is 0.305 e. The highest BCUT2D eigenvalue weighted by molar-refractivity contribution is 5.75. The van der Waals surface area contributed by atoms with E-state index in [1.54, 1.807) is 24.6 Å². The van der Waals surface area contributed by atoms with Crippen LogP contribution in [0.25, 0.3) is 5.57 Å². The molecule has 1 aliphatic heterocycles. The molecule has 10 N–H and O–H groups in total. The Morgan fingerprint density at radius 1 is 0.435 bits per heavy atom. The Labute approximate surface area is 864 Å². The van der Waals surface area contributed by atoms with E-state index in [4.69, 9.17) is 32.5 Å². The van der Waals surface area contributed by atoms with Crippen molar-refractivity contribution in [3.05, 3.63) is 144 Å². The number of carbonyl (C=O) groups excluding carboxylic acids is 3. The van der Waals surface area contributed by atoms with Crippen LogP contribution in [0.1, 0.15) is 463 Å². The standard InChI is InChI=1S/C13H16.C10H14O.C10H14.C8H13N.2C7H15N.C7H17N.2C7H16.2C6H12O2.C6H12O.2C6H14.C5H11NO.C5H12O.C5H12.C4H10/c1-10(2)9-12-8-7-11-5-3-4-6-13(11)12;1-8(2)7-9-3-5-10(11)6-4-9;1-9(2)8-10-6-4-3-5-7-10;1-7(2)5-8-3-4-9-6-8;1-6(2)5-7(3)8-4;1-6(2)4-5-7(3)8;1-7(2)5-3-4-6-8;1-6(2)5-7(3)4;1-5-7(4)6(2)3;1-5(2)4-6(7)8-3;1-5(2)3-4-6(7)8;1-5(2)4-6(3)7;2*1-5(2)6(3)4;1-4(2)3-5(6)7;1-5(2)3-4-6;1-4-5(2)3;1-4(2)3/h3-6,8,10H,7,9H2,1-2H3;3-6,8,11H,7H2,1-2H3;3-7,9H,8H2,1-2H3;4,6-7H,3,5H2,1-2H3;6,8H,3,5H2,1-2,4H3;6H,3-5,8H2,1-2H3;7H,3-6,8H2,1-2H3;2*6-7H,5H2,1-4H3;5H,4H2,1-3H3;5H,3-4H2,1-2H3,(H,7,8);5H,4H2,1-3H3;2*5-6H,1-4H3;4H,3H2,1-2H3,(H2,6,7);5-6H,3-4H2,1-2H3;5H,4H2,1-3H3;4H,1-3H3. The van der Waals surface area contributed by atoms with E-state index < -0.39 is 5.97 Å². The molecule has 3 aromatic carbocycles. The Balaban J connectivity index is -0.000000110. The third kappa shape index (κ3) is 169. The van der Waals surface area contributed by atoms with Crippen molar-refractivity contribution in [3.8, 4) is 5.75 Å². The van der Waals surface area contributed by atoms with Crippen LogP contribution in [0, 0.1) is 130 Å². The number of Topliss-reactive ketones (excluding diaryl/α,β-unsaturated/α-hetero) is 1. The molecular weight excluding hydrogens is 1700 g/mol. The Kier molecular flexibility index (Phi) is 128. The molecule has 1 amide bonds. The molecule has 1 aliphatic carbocycles. The molecule has 0 fully saturated rings. The fraction of sp³-hybridized carbons (Fsp3) is 0.752. The van der Waals surface area contributed by atoms with Gasteiger partial charge in [-0.05, 0) is 266 Å². The molecule has 13 heteroatoms. The summed E-state index contributed by atoms with van der Waals surface area (Å²) in [6, 6.07) is 26.8. The number of hydrogen-bond acceptors (Lipinski definition) is 11. The quantitative estimate of drug-likeness (QED) is 0.0213. The number of phenols is 1. The maximum absolute atomic E-state index is 10.4. The van der Waals surface area contributed by atoms with E-state index in [-0.39, 0.29) is 17.7 Å². The van der Waals surface area contributed by atoms with Crippen LogP contribution in [0.5, 0.6) is 5.75 Å². The molecule has 138 heavy (non-hydrogen) atoms. The van der Waals surface area contributed by atoms with E-state index in [2.05, 4.69) is 352 Å². The number of primary amides is 1. The van der Waals surface area contributed by atoms with Crippen LogP contribution < -0.4 is 22.5 Å². The first-order chi connectivity index (χ1) is 63.5. The summed E-state index contributed by atoms with van der Waals surface area (Å²) in [6.07, 6.45) is 28.0. The van der Waals surface area contributed by atoms with Gasteiger partial charge >= 0.3 is 11.9 Å². The van der Waals surface area contributed by atoms with Gasteiger partial charge in [0.15, 0.2) is 0 Å². The van der Waals surface area contributed by atoms with Crippen molar-refractivity contribution >= 4 is 35.4 Å². The Hall–Kier alpha value is -6.31. The molecule has 1 heterocycles. The van der Waals surface area contributed by atoms with Gasteiger partial charge in [0.25, 0.3) is 0 Å². The van der Waals surface area contributed by atoms with Crippen molar-refractivity contribution in [2.75, 3.05) is 27.3 Å². The van der Waals surface area contributed by atoms with Gasteiger partial charge in [0.2, 0.25) is 5.91 Å². The molecule has 1 atom stereocenters. The lowest BCUT2D eigenvalue weighted by atomic mass is 9.96. The first-order valence-electron chi connectivity index (χ1n) is 54.4. The monoisotopic (exact) mass is 1940 g/mol. The average molecular weight is 1950 g/mol. The molecule has 3 aromatic rings. The summed E-state index contributed by atoms with van der Waals surface area (Å²) in [6.45, 7) is 111. The Morgan fingerprint density at radius 3 is 1.04 bits per heavy atom. The van der Waals surface area contributed by atoms with E-state index in [0.29, 0.717) is 67.1 Å². The average Bonchev–Trinajstić information content (AvgIpc) is 1.69. The summed E-state index contributed by atoms with van der Waals surface area (Å²) >= 11 is 0. The molecule has 13 nitrogen and oxygen atoms in total. The van der Waals surface area contributed by atoms with Crippen LogP contribution in [0.15, 0.2) is 126 Å². The third-order valence-electron chi connectivity index (χ3n) is 20.3. The van der Waals surface area contributed by atoms with E-state index >= 15 is 0 Å². The number of aliphatic carboxylic acids is 1. The first kappa shape index (κ1) is 160. The van der Waals surface area contributed by atoms with E-state index in [1.807, 2.05) is 87.0 Å². The number of carboxylic acid groups (broad SMARTS) is 1. The first-order valence-corrected chi connectivity index (χ1v) is 54.4. The lowest BCUT2D eigenvalue weighted by Crippen LogP contribution is -2.12. The summed E-state index contributed by atoms with van der Waals surface area (Å²) in [5, 5.41) is 28.4. The number of rotatable bonds is 36. The lowest BCUT2D eigenvalue weighted by Gasteiger charge is -2.10. The van der Waals surface area contributed by atoms with Gasteiger partial charge in [-0.15, -0.1) is 0 Å². The molecule has 0 bridgehead atoms. The SMILES string of the molecule is C=C(CC(C)C)NC.C=C(N)CCC(C)C.CC(=O)CC(C)C.CC(C)C.CC(C)C(C)C.CC(C)C(C)C.CC(C)CC(C)C.CC(C)CC(N)=O.CC(C)CC1=CCc2ccccc21.CC(C)CC1=CN=CC1.CC(C)CCC(=O)O.CC(C)CCCCN.CC(C)CCO.CC(C)Cc1ccc(O)cc1.CC(C)Cc1ccccc1.CCC(C)C.CCC(C)C(C)C.COC(=O)CC(C)C. The second kappa shape index (κ2) is 111. The molecule has 0 saturated heterocycles. The number of carbonyl (C=O) groups is 4. The number of nitrogens with zero attached hydrogens (tertiary/aromatic N) is 1. The fourth-order valence-corrected chi connectivity index (χ4v) is 10.5. The summed E-state index contributed by atoms with van der Waals surface area (Å²) < 4.78 is 4.42. The molecule has 2 aliphatic rings. The maximum atomic E-state index is 10.4. The number of ether oxygens (including phenoxy) is 1. The third-order valence-corrected chi connectivity index (χ3v) is 20.3. The minimum Gasteiger partial charge on any atom is -0.508 e. The van der Waals surface area contributed by atoms with Crippen molar-refractivity contribution < 1.29 is 39.2 Å². The Bertz CT molecular complexity index is 3060. The minimum atomic E-state index is -0.696. The number of nitrogens with one attached hydrogen (secondary N) is 1. The number of carboxylic acids is 1. The van der Waals surface area contributed by atoms with E-state index in [1.165, 1.54) is 92.7 Å². The largest absolute Gasteiger partial charge is 0.508 e. The lowest BCUT2D eigenvalue weighted by molar-refractivity contribution is -0.141. The van der Waals surface area contributed by atoms with Crippen LogP contribution >= 0.6 is 0 Å². The van der Waals surface area contributed by atoms with Crippen molar-refractivity contribution in [1.82, 2.24) is 5.32 Å².